The third-order valence-electron chi connectivity index (χ3n) is 4.44. The lowest BCUT2D eigenvalue weighted by atomic mass is 9.99. The molecule has 0 N–H and O–H groups in total. The summed E-state index contributed by atoms with van der Waals surface area (Å²) in [6.07, 6.45) is 4.88. The molecule has 1 fully saturated rings. The summed E-state index contributed by atoms with van der Waals surface area (Å²) >= 11 is 0. The van der Waals surface area contributed by atoms with Crippen LogP contribution in [-0.4, -0.2) is 44.4 Å². The zero-order valence-electron chi connectivity index (χ0n) is 11.7. The van der Waals surface area contributed by atoms with E-state index in [0.717, 1.165) is 38.5 Å². The molecule has 1 aliphatic heterocycles. The second kappa shape index (κ2) is 5.93. The molecule has 3 heteroatoms. The number of ether oxygens (including phenoxy) is 2. The third-order valence-corrected chi connectivity index (χ3v) is 4.44. The summed E-state index contributed by atoms with van der Waals surface area (Å²) in [5.41, 5.74) is 2.91. The molecule has 1 unspecified atom stereocenters. The highest BCUT2D eigenvalue weighted by Crippen LogP contribution is 2.30. The molecule has 0 saturated carbocycles. The van der Waals surface area contributed by atoms with Crippen molar-refractivity contribution in [3.8, 4) is 5.75 Å². The van der Waals surface area contributed by atoms with Gasteiger partial charge in [-0.3, -0.25) is 4.90 Å². The number of hydrogen-bond acceptors (Lipinski definition) is 3. The molecule has 1 atom stereocenters. The molecule has 0 amide bonds. The van der Waals surface area contributed by atoms with E-state index in [0.29, 0.717) is 6.04 Å². The van der Waals surface area contributed by atoms with E-state index in [2.05, 4.69) is 23.1 Å². The molecule has 1 saturated heterocycles. The number of methoxy groups -OCH3 is 1. The Morgan fingerprint density at radius 3 is 2.89 bits per heavy atom. The van der Waals surface area contributed by atoms with Crippen LogP contribution in [0.4, 0.5) is 0 Å². The van der Waals surface area contributed by atoms with E-state index >= 15 is 0 Å². The SMILES string of the molecule is COc1cccc2c1CC(N1CCOCC1)CCC2. The van der Waals surface area contributed by atoms with Gasteiger partial charge >= 0.3 is 0 Å². The zero-order valence-corrected chi connectivity index (χ0v) is 11.7. The highest BCUT2D eigenvalue weighted by atomic mass is 16.5. The fraction of sp³-hybridized carbons (Fsp3) is 0.625. The first-order chi connectivity index (χ1) is 9.38. The summed E-state index contributed by atoms with van der Waals surface area (Å²) in [5, 5.41) is 0. The van der Waals surface area contributed by atoms with E-state index in [9.17, 15) is 0 Å². The van der Waals surface area contributed by atoms with Gasteiger partial charge in [-0.25, -0.2) is 0 Å². The van der Waals surface area contributed by atoms with Gasteiger partial charge in [-0.15, -0.1) is 0 Å². The van der Waals surface area contributed by atoms with Crippen molar-refractivity contribution in [3.05, 3.63) is 29.3 Å². The number of rotatable bonds is 2. The largest absolute Gasteiger partial charge is 0.496 e. The fourth-order valence-electron chi connectivity index (χ4n) is 3.39. The Bertz CT molecular complexity index is 427. The molecule has 1 aromatic carbocycles. The van der Waals surface area contributed by atoms with Crippen LogP contribution >= 0.6 is 0 Å². The molecule has 0 bridgehead atoms. The maximum Gasteiger partial charge on any atom is 0.122 e. The van der Waals surface area contributed by atoms with Crippen LogP contribution < -0.4 is 4.74 Å². The van der Waals surface area contributed by atoms with Gasteiger partial charge in [0.2, 0.25) is 0 Å². The van der Waals surface area contributed by atoms with Gasteiger partial charge in [0.15, 0.2) is 0 Å². The van der Waals surface area contributed by atoms with E-state index in [4.69, 9.17) is 9.47 Å². The lowest BCUT2D eigenvalue weighted by Gasteiger charge is -2.34. The van der Waals surface area contributed by atoms with Crippen LogP contribution in [0.5, 0.6) is 5.75 Å². The third kappa shape index (κ3) is 2.77. The standard InChI is InChI=1S/C16H23NO2/c1-18-16-7-3-5-13-4-2-6-14(12-15(13)16)17-8-10-19-11-9-17/h3,5,7,14H,2,4,6,8-12H2,1H3. The van der Waals surface area contributed by atoms with Gasteiger partial charge in [0.1, 0.15) is 5.75 Å². The number of fused-ring (bicyclic) bond motifs is 1. The summed E-state index contributed by atoms with van der Waals surface area (Å²) < 4.78 is 11.0. The lowest BCUT2D eigenvalue weighted by Crippen LogP contribution is -2.44. The smallest absolute Gasteiger partial charge is 0.122 e. The van der Waals surface area contributed by atoms with Gasteiger partial charge in [0, 0.05) is 19.1 Å². The average Bonchev–Trinajstić information content (AvgIpc) is 2.70. The highest BCUT2D eigenvalue weighted by Gasteiger charge is 2.25. The van der Waals surface area contributed by atoms with E-state index in [1.165, 1.54) is 30.4 Å². The van der Waals surface area contributed by atoms with E-state index in [-0.39, 0.29) is 0 Å². The molecular weight excluding hydrogens is 238 g/mol. The van der Waals surface area contributed by atoms with E-state index in [1.807, 2.05) is 0 Å². The maximum absolute atomic E-state index is 5.56. The Hall–Kier alpha value is -1.06. The summed E-state index contributed by atoms with van der Waals surface area (Å²) in [6, 6.07) is 7.13. The van der Waals surface area contributed by atoms with Crippen LogP contribution in [0.25, 0.3) is 0 Å². The quantitative estimate of drug-likeness (QED) is 0.762. The van der Waals surface area contributed by atoms with Crippen LogP contribution in [0.3, 0.4) is 0 Å². The van der Waals surface area contributed by atoms with E-state index < -0.39 is 0 Å². The molecule has 104 valence electrons. The summed E-state index contributed by atoms with van der Waals surface area (Å²) in [6.45, 7) is 3.93. The Morgan fingerprint density at radius 2 is 2.11 bits per heavy atom. The van der Waals surface area contributed by atoms with Crippen LogP contribution in [0.2, 0.25) is 0 Å². The van der Waals surface area contributed by atoms with Gasteiger partial charge in [0.05, 0.1) is 20.3 Å². The molecule has 0 spiro atoms. The summed E-state index contributed by atoms with van der Waals surface area (Å²) in [5.74, 6) is 1.07. The molecule has 1 heterocycles. The first-order valence-electron chi connectivity index (χ1n) is 7.35. The predicted octanol–water partition coefficient (Wildman–Crippen LogP) is 2.27. The van der Waals surface area contributed by atoms with Crippen molar-refractivity contribution < 1.29 is 9.47 Å². The molecule has 0 aromatic heterocycles. The molecule has 1 aliphatic carbocycles. The predicted molar refractivity (Wildman–Crippen MR) is 75.8 cm³/mol. The van der Waals surface area contributed by atoms with Gasteiger partial charge in [-0.05, 0) is 42.9 Å². The Balaban J connectivity index is 1.82. The van der Waals surface area contributed by atoms with Crippen LogP contribution in [0.15, 0.2) is 18.2 Å². The van der Waals surface area contributed by atoms with Crippen molar-refractivity contribution >= 4 is 0 Å². The molecule has 1 aromatic rings. The Kier molecular flexibility index (Phi) is 4.04. The van der Waals surface area contributed by atoms with Crippen molar-refractivity contribution in [3.63, 3.8) is 0 Å². The van der Waals surface area contributed by atoms with Gasteiger partial charge in [-0.1, -0.05) is 12.1 Å². The Labute approximate surface area is 115 Å². The van der Waals surface area contributed by atoms with Crippen LogP contribution in [0.1, 0.15) is 24.0 Å². The number of morpholine rings is 1. The molecule has 0 radical (unpaired) electrons. The number of aryl methyl sites for hydroxylation is 1. The molecule has 3 rings (SSSR count). The van der Waals surface area contributed by atoms with Crippen molar-refractivity contribution in [2.75, 3.05) is 33.4 Å². The number of nitrogens with zero attached hydrogens (tertiary/aromatic N) is 1. The highest BCUT2D eigenvalue weighted by molar-refractivity contribution is 5.41. The number of benzene rings is 1. The zero-order chi connectivity index (χ0) is 13.1. The average molecular weight is 261 g/mol. The minimum absolute atomic E-state index is 0.654. The molecule has 19 heavy (non-hydrogen) atoms. The van der Waals surface area contributed by atoms with Crippen molar-refractivity contribution in [1.29, 1.82) is 0 Å². The monoisotopic (exact) mass is 261 g/mol. The maximum atomic E-state index is 5.56. The van der Waals surface area contributed by atoms with E-state index in [1.54, 1.807) is 7.11 Å². The Morgan fingerprint density at radius 1 is 1.26 bits per heavy atom. The second-order valence-corrected chi connectivity index (χ2v) is 5.50. The fourth-order valence-corrected chi connectivity index (χ4v) is 3.39. The van der Waals surface area contributed by atoms with Gasteiger partial charge in [0.25, 0.3) is 0 Å². The molecule has 3 nitrogen and oxygen atoms in total. The van der Waals surface area contributed by atoms with Crippen molar-refractivity contribution in [2.45, 2.75) is 31.7 Å². The number of hydrogen-bond donors (Lipinski definition) is 0. The molecular formula is C16H23NO2. The summed E-state index contributed by atoms with van der Waals surface area (Å²) in [4.78, 5) is 2.60. The van der Waals surface area contributed by atoms with Crippen molar-refractivity contribution in [2.24, 2.45) is 0 Å². The van der Waals surface area contributed by atoms with Crippen molar-refractivity contribution in [1.82, 2.24) is 4.90 Å². The van der Waals surface area contributed by atoms with Crippen LogP contribution in [-0.2, 0) is 17.6 Å². The minimum Gasteiger partial charge on any atom is -0.496 e. The molecule has 2 aliphatic rings. The lowest BCUT2D eigenvalue weighted by molar-refractivity contribution is 0.0148. The second-order valence-electron chi connectivity index (χ2n) is 5.50. The first-order valence-corrected chi connectivity index (χ1v) is 7.35. The van der Waals surface area contributed by atoms with Gasteiger partial charge in [-0.2, -0.15) is 0 Å². The van der Waals surface area contributed by atoms with Gasteiger partial charge < -0.3 is 9.47 Å². The van der Waals surface area contributed by atoms with Crippen LogP contribution in [0, 0.1) is 0 Å². The topological polar surface area (TPSA) is 21.7 Å². The first kappa shape index (κ1) is 12.9. The normalized spacial score (nSPS) is 24.6. The summed E-state index contributed by atoms with van der Waals surface area (Å²) in [7, 11) is 1.78. The minimum atomic E-state index is 0.654.